The van der Waals surface area contributed by atoms with Crippen molar-refractivity contribution in [2.24, 2.45) is 0 Å². The van der Waals surface area contributed by atoms with Crippen molar-refractivity contribution in [2.45, 2.75) is 39.2 Å². The second kappa shape index (κ2) is 19.5. The SMILES string of the molecule is c1ccc(B2c3ccccc3Oc3c2c2c(c4c3B(c3ccccc3)c3ccccc3O4)Oc3cc(-c4cccc(B5c6ccccc6Sc6c7c(c8c(c65)Sc5ccccc5B8c5ccccc5)Sc5ccccc5S7)c4)ccc3O2)cc1. The first-order chi connectivity index (χ1) is 41.7. The molecule has 0 radical (unpaired) electrons. The molecule has 6 heterocycles. The molecule has 6 aliphatic heterocycles. The zero-order valence-electron chi connectivity index (χ0n) is 44.8. The Labute approximate surface area is 505 Å². The summed E-state index contributed by atoms with van der Waals surface area (Å²) in [7, 11) is 0. The molecule has 0 aromatic heterocycles. The molecule has 18 rings (SSSR count). The van der Waals surface area contributed by atoms with Crippen molar-refractivity contribution in [3.8, 4) is 57.1 Å². The van der Waals surface area contributed by atoms with E-state index in [4.69, 9.17) is 18.9 Å². The molecule has 0 bridgehead atoms. The van der Waals surface area contributed by atoms with E-state index in [0.29, 0.717) is 28.7 Å². The predicted molar refractivity (Wildman–Crippen MR) is 352 cm³/mol. The smallest absolute Gasteiger partial charge is 0.256 e. The van der Waals surface area contributed by atoms with Gasteiger partial charge in [-0.2, -0.15) is 0 Å². The molecule has 4 nitrogen and oxygen atoms in total. The first-order valence-electron chi connectivity index (χ1n) is 28.4. The van der Waals surface area contributed by atoms with Gasteiger partial charge in [-0.25, -0.2) is 0 Å². The molecule has 0 fully saturated rings. The normalized spacial score (nSPS) is 14.0. The van der Waals surface area contributed by atoms with E-state index in [1.807, 2.05) is 65.2 Å². The number of benzene rings is 12. The van der Waals surface area contributed by atoms with E-state index in [1.165, 1.54) is 71.9 Å². The fourth-order valence-corrected chi connectivity index (χ4v) is 19.2. The van der Waals surface area contributed by atoms with Crippen LogP contribution >= 0.6 is 47.0 Å². The van der Waals surface area contributed by atoms with Gasteiger partial charge in [0, 0.05) is 50.1 Å². The van der Waals surface area contributed by atoms with Crippen molar-refractivity contribution < 1.29 is 18.9 Å². The molecule has 0 unspecified atom stereocenters. The van der Waals surface area contributed by atoms with Crippen LogP contribution in [0.5, 0.6) is 46.0 Å². The van der Waals surface area contributed by atoms with Gasteiger partial charge in [0.15, 0.2) is 23.0 Å². The van der Waals surface area contributed by atoms with Gasteiger partial charge in [-0.15, -0.1) is 0 Å². The van der Waals surface area contributed by atoms with Gasteiger partial charge in [0.05, 0.1) is 0 Å². The maximum absolute atomic E-state index is 7.41. The summed E-state index contributed by atoms with van der Waals surface area (Å²) in [5, 5.41) is 0. The number of hydrogen-bond donors (Lipinski definition) is 0. The molecule has 390 valence electrons. The molecule has 0 aliphatic carbocycles. The van der Waals surface area contributed by atoms with E-state index < -0.39 is 0 Å². The molecule has 0 saturated heterocycles. The van der Waals surface area contributed by atoms with Gasteiger partial charge in [0.1, 0.15) is 17.2 Å². The lowest BCUT2D eigenvalue weighted by Crippen LogP contribution is -2.62. The molecule has 12 aromatic carbocycles. The van der Waals surface area contributed by atoms with E-state index in [-0.39, 0.29) is 26.9 Å². The van der Waals surface area contributed by atoms with Crippen molar-refractivity contribution in [3.63, 3.8) is 0 Å². The average molecular weight is 1140 g/mol. The summed E-state index contributed by atoms with van der Waals surface area (Å²) < 4.78 is 29.1. The Morgan fingerprint density at radius 1 is 0.226 bits per heavy atom. The van der Waals surface area contributed by atoms with Crippen LogP contribution in [0.2, 0.25) is 0 Å². The topological polar surface area (TPSA) is 36.9 Å². The summed E-state index contributed by atoms with van der Waals surface area (Å²) in [5.74, 6) is 5.25. The summed E-state index contributed by atoms with van der Waals surface area (Å²) >= 11 is 7.80. The molecule has 0 amide bonds. The van der Waals surface area contributed by atoms with Crippen molar-refractivity contribution in [2.75, 3.05) is 0 Å². The first kappa shape index (κ1) is 49.0. The third kappa shape index (κ3) is 7.60. The van der Waals surface area contributed by atoms with E-state index in [0.717, 1.165) is 61.2 Å². The van der Waals surface area contributed by atoms with Crippen molar-refractivity contribution in [1.29, 1.82) is 0 Å². The molecule has 12 heteroatoms. The Balaban J connectivity index is 0.810. The summed E-state index contributed by atoms with van der Waals surface area (Å²) in [6.07, 6.45) is 0. The van der Waals surface area contributed by atoms with E-state index >= 15 is 0 Å². The highest BCUT2D eigenvalue weighted by Gasteiger charge is 2.48. The fraction of sp³-hybridized carbons (Fsp3) is 0. The standard InChI is InChI=1S/C72H42B4O4S4/c1-4-22-45(23-5-1)73-49-29-10-14-33-53(49)77-65-61-66(78-54-34-15-11-30-50(54)74(61)46-24-6-2-7-25-46)68-67(62(65)73)79-55-40-39-44(42-56(55)80-68)43-21-20-28-48(41-43)76-52-32-13-17-36-58(52)82-70-64(76)69-63(71-72(70)84-60-38-19-18-37-59(60)83-71)75(47-26-8-3-9-27-47)51-31-12-16-35-57(51)81-69/h1-42H. The summed E-state index contributed by atoms with van der Waals surface area (Å²) in [4.78, 5) is 10.7. The number of para-hydroxylation sites is 2. The third-order valence-corrected chi connectivity index (χ3v) is 22.5. The molecule has 84 heavy (non-hydrogen) atoms. The Morgan fingerprint density at radius 2 is 0.619 bits per heavy atom. The van der Waals surface area contributed by atoms with E-state index in [2.05, 4.69) is 237 Å². The number of hydrogen-bond acceptors (Lipinski definition) is 8. The van der Waals surface area contributed by atoms with Crippen molar-refractivity contribution in [1.82, 2.24) is 0 Å². The Bertz CT molecular complexity index is 4660. The molecule has 12 aromatic rings. The molecule has 0 saturated carbocycles. The highest BCUT2D eigenvalue weighted by molar-refractivity contribution is 8.06. The van der Waals surface area contributed by atoms with Gasteiger partial charge in [-0.05, 0) is 81.5 Å². The summed E-state index contributed by atoms with van der Waals surface area (Å²) in [5.41, 5.74) is 16.3. The first-order valence-corrected chi connectivity index (χ1v) is 31.7. The van der Waals surface area contributed by atoms with Gasteiger partial charge >= 0.3 is 0 Å². The van der Waals surface area contributed by atoms with Crippen molar-refractivity contribution in [3.05, 3.63) is 255 Å². The zero-order chi connectivity index (χ0) is 55.0. The highest BCUT2D eigenvalue weighted by atomic mass is 32.2. The van der Waals surface area contributed by atoms with E-state index in [9.17, 15) is 0 Å². The fourth-order valence-electron chi connectivity index (χ4n) is 13.7. The van der Waals surface area contributed by atoms with Crippen LogP contribution in [0.4, 0.5) is 0 Å². The van der Waals surface area contributed by atoms with Gasteiger partial charge in [-0.1, -0.05) is 286 Å². The monoisotopic (exact) mass is 1140 g/mol. The van der Waals surface area contributed by atoms with Gasteiger partial charge < -0.3 is 18.9 Å². The highest BCUT2D eigenvalue weighted by Crippen LogP contribution is 2.56. The largest absolute Gasteiger partial charge is 0.459 e. The molecular weight excluding hydrogens is 1100 g/mol. The average Bonchev–Trinajstić information content (AvgIpc) is 0.808. The lowest BCUT2D eigenvalue weighted by molar-refractivity contribution is 0.341. The second-order valence-corrected chi connectivity index (χ2v) is 26.2. The van der Waals surface area contributed by atoms with Crippen LogP contribution in [0, 0.1) is 0 Å². The van der Waals surface area contributed by atoms with Crippen LogP contribution in [-0.2, 0) is 0 Å². The minimum Gasteiger partial charge on any atom is -0.459 e. The van der Waals surface area contributed by atoms with Crippen LogP contribution in [0.3, 0.4) is 0 Å². The number of ether oxygens (including phenoxy) is 4. The molecular formula is C72H42B4O4S4. The second-order valence-electron chi connectivity index (χ2n) is 22.0. The lowest BCUT2D eigenvalue weighted by atomic mass is 9.32. The minimum atomic E-state index is -0.235. The summed E-state index contributed by atoms with van der Waals surface area (Å²) in [6.45, 7) is -0.471. The Kier molecular flexibility index (Phi) is 11.4. The van der Waals surface area contributed by atoms with Crippen LogP contribution in [-0.4, -0.2) is 26.9 Å². The van der Waals surface area contributed by atoms with Gasteiger partial charge in [0.25, 0.3) is 13.4 Å². The van der Waals surface area contributed by atoms with Crippen LogP contribution in [0.25, 0.3) is 11.1 Å². The third-order valence-electron chi connectivity index (χ3n) is 17.3. The Hall–Kier alpha value is -8.50. The van der Waals surface area contributed by atoms with Crippen LogP contribution in [0.15, 0.2) is 294 Å². The Morgan fingerprint density at radius 3 is 1.19 bits per heavy atom. The van der Waals surface area contributed by atoms with Crippen LogP contribution < -0.4 is 84.5 Å². The van der Waals surface area contributed by atoms with Crippen molar-refractivity contribution >= 4 is 139 Å². The predicted octanol–water partition coefficient (Wildman–Crippen LogP) is 11.1. The lowest BCUT2D eigenvalue weighted by Gasteiger charge is -2.38. The van der Waals surface area contributed by atoms with E-state index in [1.54, 1.807) is 0 Å². The molecule has 6 aliphatic rings. The molecule has 0 atom stereocenters. The summed E-state index contributed by atoms with van der Waals surface area (Å²) in [6, 6.07) is 92.0. The number of rotatable bonds is 5. The quantitative estimate of drug-likeness (QED) is 0.158. The minimum absolute atomic E-state index is 0.0566. The molecule has 0 N–H and O–H groups in total. The van der Waals surface area contributed by atoms with Gasteiger partial charge in [0.2, 0.25) is 19.2 Å². The maximum atomic E-state index is 7.41. The zero-order valence-corrected chi connectivity index (χ0v) is 48.1. The number of fused-ring (bicyclic) bond motifs is 18. The molecule has 0 spiro atoms. The maximum Gasteiger partial charge on any atom is 0.256 e. The van der Waals surface area contributed by atoms with Crippen LogP contribution in [0.1, 0.15) is 0 Å². The van der Waals surface area contributed by atoms with Gasteiger partial charge in [-0.3, -0.25) is 0 Å².